The van der Waals surface area contributed by atoms with Gasteiger partial charge in [-0.25, -0.2) is 13.2 Å². The smallest absolute Gasteiger partial charge is 0.338 e. The predicted molar refractivity (Wildman–Crippen MR) is 130 cm³/mol. The summed E-state index contributed by atoms with van der Waals surface area (Å²) in [6, 6.07) is 13.6. The average molecular weight is 491 g/mol. The Morgan fingerprint density at radius 1 is 0.971 bits per heavy atom. The number of carbonyl (C=O) groups excluding carboxylic acids is 2. The minimum absolute atomic E-state index is 0.0182. The van der Waals surface area contributed by atoms with Gasteiger partial charge in [0.2, 0.25) is 10.0 Å². The Morgan fingerprint density at radius 3 is 2.12 bits per heavy atom. The van der Waals surface area contributed by atoms with Crippen molar-refractivity contribution >= 4 is 21.9 Å². The summed E-state index contributed by atoms with van der Waals surface area (Å²) in [5.74, 6) is -1.02. The molecule has 0 saturated heterocycles. The summed E-state index contributed by atoms with van der Waals surface area (Å²) >= 11 is 0. The third kappa shape index (κ3) is 6.57. The van der Waals surface area contributed by atoms with E-state index in [4.69, 9.17) is 9.47 Å². The van der Waals surface area contributed by atoms with Crippen molar-refractivity contribution < 1.29 is 27.5 Å². The lowest BCUT2D eigenvalue weighted by Crippen LogP contribution is -2.46. The van der Waals surface area contributed by atoms with Crippen molar-refractivity contribution in [2.24, 2.45) is 0 Å². The molecule has 0 fully saturated rings. The summed E-state index contributed by atoms with van der Waals surface area (Å²) in [4.78, 5) is 27.2. The highest BCUT2D eigenvalue weighted by Crippen LogP contribution is 2.28. The SMILES string of the molecule is CCN(CC)S(=O)(=O)c1cc(C(=O)OCC(=O)N(Cc2ccccc2)C(C)(C)C)ccc1OC. The zero-order valence-electron chi connectivity index (χ0n) is 20.7. The van der Waals surface area contributed by atoms with Gasteiger partial charge in [-0.2, -0.15) is 4.31 Å². The number of methoxy groups -OCH3 is 1. The van der Waals surface area contributed by atoms with Gasteiger partial charge >= 0.3 is 5.97 Å². The van der Waals surface area contributed by atoms with Crippen molar-refractivity contribution in [2.45, 2.75) is 51.6 Å². The predicted octanol–water partition coefficient (Wildman–Crippen LogP) is 3.71. The molecule has 0 bridgehead atoms. The van der Waals surface area contributed by atoms with Gasteiger partial charge in [-0.3, -0.25) is 4.79 Å². The Morgan fingerprint density at radius 2 is 1.59 bits per heavy atom. The van der Waals surface area contributed by atoms with Crippen molar-refractivity contribution in [3.05, 3.63) is 59.7 Å². The summed E-state index contributed by atoms with van der Waals surface area (Å²) in [6.07, 6.45) is 0. The molecule has 2 rings (SSSR count). The highest BCUT2D eigenvalue weighted by atomic mass is 32.2. The molecule has 8 nitrogen and oxygen atoms in total. The van der Waals surface area contributed by atoms with Crippen LogP contribution in [0.2, 0.25) is 0 Å². The number of hydrogen-bond acceptors (Lipinski definition) is 6. The molecule has 2 aromatic carbocycles. The topological polar surface area (TPSA) is 93.2 Å². The first kappa shape index (κ1) is 27.3. The van der Waals surface area contributed by atoms with Crippen molar-refractivity contribution in [3.63, 3.8) is 0 Å². The van der Waals surface area contributed by atoms with Crippen LogP contribution in [0.5, 0.6) is 5.75 Å². The molecule has 9 heteroatoms. The fourth-order valence-electron chi connectivity index (χ4n) is 3.46. The first-order valence-corrected chi connectivity index (χ1v) is 12.6. The third-order valence-electron chi connectivity index (χ3n) is 5.34. The molecule has 0 N–H and O–H groups in total. The van der Waals surface area contributed by atoms with Crippen LogP contribution in [-0.4, -0.2) is 61.8 Å². The highest BCUT2D eigenvalue weighted by molar-refractivity contribution is 7.89. The zero-order chi connectivity index (χ0) is 25.5. The van der Waals surface area contributed by atoms with Crippen molar-refractivity contribution in [1.82, 2.24) is 9.21 Å². The lowest BCUT2D eigenvalue weighted by Gasteiger charge is -2.35. The van der Waals surface area contributed by atoms with E-state index >= 15 is 0 Å². The number of sulfonamides is 1. The Bertz CT molecular complexity index is 1090. The van der Waals surface area contributed by atoms with Crippen molar-refractivity contribution in [3.8, 4) is 5.75 Å². The van der Waals surface area contributed by atoms with E-state index in [9.17, 15) is 18.0 Å². The molecule has 1 amide bonds. The van der Waals surface area contributed by atoms with Gasteiger partial charge in [-0.05, 0) is 44.5 Å². The largest absolute Gasteiger partial charge is 0.495 e. The van der Waals surface area contributed by atoms with Crippen LogP contribution in [0.25, 0.3) is 0 Å². The normalized spacial score (nSPS) is 11.9. The molecule has 0 radical (unpaired) electrons. The number of amides is 1. The molecule has 0 saturated carbocycles. The molecular weight excluding hydrogens is 456 g/mol. The minimum atomic E-state index is -3.87. The Labute approximate surface area is 202 Å². The molecule has 0 aromatic heterocycles. The van der Waals surface area contributed by atoms with E-state index in [2.05, 4.69) is 0 Å². The zero-order valence-corrected chi connectivity index (χ0v) is 21.5. The first-order chi connectivity index (χ1) is 15.9. The maximum Gasteiger partial charge on any atom is 0.338 e. The minimum Gasteiger partial charge on any atom is -0.495 e. The van der Waals surface area contributed by atoms with Crippen LogP contribution >= 0.6 is 0 Å². The molecule has 0 heterocycles. The van der Waals surface area contributed by atoms with Crippen molar-refractivity contribution in [1.29, 1.82) is 0 Å². The number of rotatable bonds is 10. The van der Waals surface area contributed by atoms with Crippen LogP contribution in [0.1, 0.15) is 50.5 Å². The highest BCUT2D eigenvalue weighted by Gasteiger charge is 2.29. The standard InChI is InChI=1S/C25H34N2O6S/c1-7-26(8-2)34(30,31)22-16-20(14-15-21(22)32-6)24(29)33-18-23(28)27(25(3,4)5)17-19-12-10-9-11-13-19/h9-16H,7-8,17-18H2,1-6H3. The van der Waals surface area contributed by atoms with E-state index in [1.807, 2.05) is 51.1 Å². The lowest BCUT2D eigenvalue weighted by atomic mass is 10.0. The van der Waals surface area contributed by atoms with Crippen LogP contribution in [0, 0.1) is 0 Å². The van der Waals surface area contributed by atoms with E-state index in [1.54, 1.807) is 18.7 Å². The van der Waals surface area contributed by atoms with Gasteiger partial charge in [0.05, 0.1) is 12.7 Å². The van der Waals surface area contributed by atoms with E-state index in [0.717, 1.165) is 5.56 Å². The number of ether oxygens (including phenoxy) is 2. The van der Waals surface area contributed by atoms with Crippen LogP contribution in [0.4, 0.5) is 0 Å². The summed E-state index contributed by atoms with van der Waals surface area (Å²) in [5, 5.41) is 0. The van der Waals surface area contributed by atoms with Gasteiger partial charge in [-0.15, -0.1) is 0 Å². The Balaban J connectivity index is 2.22. The summed E-state index contributed by atoms with van der Waals surface area (Å²) in [6.45, 7) is 9.63. The van der Waals surface area contributed by atoms with Gasteiger partial charge in [0.1, 0.15) is 10.6 Å². The van der Waals surface area contributed by atoms with Gasteiger partial charge in [0, 0.05) is 25.2 Å². The summed E-state index contributed by atoms with van der Waals surface area (Å²) in [7, 11) is -2.51. The van der Waals surface area contributed by atoms with Gasteiger partial charge in [0.15, 0.2) is 6.61 Å². The molecule has 0 unspecified atom stereocenters. The molecule has 0 aliphatic carbocycles. The first-order valence-electron chi connectivity index (χ1n) is 11.1. The quantitative estimate of drug-likeness (QED) is 0.472. The molecule has 34 heavy (non-hydrogen) atoms. The van der Waals surface area contributed by atoms with Crippen LogP contribution in [0.3, 0.4) is 0 Å². The number of nitrogens with zero attached hydrogens (tertiary/aromatic N) is 2. The second-order valence-corrected chi connectivity index (χ2v) is 10.6. The maximum atomic E-state index is 13.0. The van der Waals surface area contributed by atoms with Gasteiger partial charge < -0.3 is 14.4 Å². The van der Waals surface area contributed by atoms with E-state index < -0.39 is 28.1 Å². The molecular formula is C25H34N2O6S. The van der Waals surface area contributed by atoms with Crippen LogP contribution in [-0.2, 0) is 26.1 Å². The second kappa shape index (κ2) is 11.5. The molecule has 2 aromatic rings. The van der Waals surface area contributed by atoms with E-state index in [1.165, 1.54) is 29.6 Å². The maximum absolute atomic E-state index is 13.0. The number of benzene rings is 2. The Kier molecular flexibility index (Phi) is 9.23. The second-order valence-electron chi connectivity index (χ2n) is 8.67. The molecule has 186 valence electrons. The van der Waals surface area contributed by atoms with E-state index in [0.29, 0.717) is 6.54 Å². The average Bonchev–Trinajstić information content (AvgIpc) is 2.80. The number of carbonyl (C=O) groups is 2. The summed E-state index contributed by atoms with van der Waals surface area (Å²) < 4.78 is 37.8. The van der Waals surface area contributed by atoms with Crippen LogP contribution in [0.15, 0.2) is 53.4 Å². The molecule has 0 aliphatic rings. The molecule has 0 atom stereocenters. The van der Waals surface area contributed by atoms with Crippen LogP contribution < -0.4 is 4.74 Å². The number of esters is 1. The summed E-state index contributed by atoms with van der Waals surface area (Å²) in [5.41, 5.74) is 0.480. The fraction of sp³-hybridized carbons (Fsp3) is 0.440. The fourth-order valence-corrected chi connectivity index (χ4v) is 5.10. The number of hydrogen-bond donors (Lipinski definition) is 0. The van der Waals surface area contributed by atoms with Gasteiger partial charge in [0.25, 0.3) is 5.91 Å². The van der Waals surface area contributed by atoms with E-state index in [-0.39, 0.29) is 35.2 Å². The Hall–Kier alpha value is -2.91. The van der Waals surface area contributed by atoms with Gasteiger partial charge in [-0.1, -0.05) is 44.2 Å². The lowest BCUT2D eigenvalue weighted by molar-refractivity contribution is -0.140. The molecule has 0 aliphatic heterocycles. The third-order valence-corrected chi connectivity index (χ3v) is 7.41. The molecule has 0 spiro atoms. The van der Waals surface area contributed by atoms with Crippen molar-refractivity contribution in [2.75, 3.05) is 26.8 Å². The monoisotopic (exact) mass is 490 g/mol.